The number of hydrogen-bond donors (Lipinski definition) is 1. The predicted octanol–water partition coefficient (Wildman–Crippen LogP) is 9.25. The zero-order chi connectivity index (χ0) is 30.2. The second kappa shape index (κ2) is 9.72. The number of fused-ring (bicyclic) bond motifs is 11. The van der Waals surface area contributed by atoms with Crippen LogP contribution < -0.4 is 15.8 Å². The maximum atomic E-state index is 6.60. The molecule has 0 saturated carbocycles. The van der Waals surface area contributed by atoms with Crippen LogP contribution >= 0.6 is 0 Å². The zero-order valence-corrected chi connectivity index (χ0v) is 24.9. The van der Waals surface area contributed by atoms with Crippen molar-refractivity contribution in [3.63, 3.8) is 0 Å². The predicted molar refractivity (Wildman–Crippen MR) is 191 cm³/mol. The van der Waals surface area contributed by atoms with Crippen molar-refractivity contribution in [1.29, 1.82) is 0 Å². The molecule has 0 fully saturated rings. The highest BCUT2D eigenvalue weighted by Crippen LogP contribution is 2.46. The molecule has 216 valence electrons. The van der Waals surface area contributed by atoms with Gasteiger partial charge >= 0.3 is 0 Å². The summed E-state index contributed by atoms with van der Waals surface area (Å²) in [5, 5.41) is 13.5. The molecule has 0 amide bonds. The van der Waals surface area contributed by atoms with Gasteiger partial charge in [-0.2, -0.15) is 0 Å². The highest BCUT2D eigenvalue weighted by atomic mass is 16.3. The molecule has 46 heavy (non-hydrogen) atoms. The van der Waals surface area contributed by atoms with Gasteiger partial charge in [-0.3, -0.25) is 0 Å². The smallest absolute Gasteiger partial charge is 0.144 e. The second-order valence-corrected chi connectivity index (χ2v) is 12.1. The first-order valence-electron chi connectivity index (χ1n) is 15.8. The summed E-state index contributed by atoms with van der Waals surface area (Å²) >= 11 is 0. The van der Waals surface area contributed by atoms with Gasteiger partial charge in [-0.1, -0.05) is 140 Å². The van der Waals surface area contributed by atoms with Gasteiger partial charge in [0.1, 0.15) is 17.3 Å². The third-order valence-electron chi connectivity index (χ3n) is 9.60. The van der Waals surface area contributed by atoms with Crippen molar-refractivity contribution in [2.45, 2.75) is 6.17 Å². The maximum absolute atomic E-state index is 6.60. The van der Waals surface area contributed by atoms with Gasteiger partial charge in [0.15, 0.2) is 0 Å². The quantitative estimate of drug-likeness (QED) is 0.223. The van der Waals surface area contributed by atoms with E-state index in [0.717, 1.165) is 27.6 Å². The van der Waals surface area contributed by atoms with E-state index >= 15 is 0 Å². The summed E-state index contributed by atoms with van der Waals surface area (Å²) in [6.07, 6.45) is 2.25. The van der Waals surface area contributed by atoms with Crippen molar-refractivity contribution >= 4 is 66.3 Å². The Morgan fingerprint density at radius 3 is 1.98 bits per heavy atom. The summed E-state index contributed by atoms with van der Waals surface area (Å²) in [5.74, 6) is 0. The van der Waals surface area contributed by atoms with Crippen LogP contribution in [-0.2, 0) is 0 Å². The third-order valence-corrected chi connectivity index (χ3v) is 9.60. The Morgan fingerprint density at radius 1 is 0.500 bits per heavy atom. The molecule has 10 rings (SSSR count). The summed E-state index contributed by atoms with van der Waals surface area (Å²) in [6, 6.07) is 54.1. The number of hydrogen-bond acceptors (Lipinski definition) is 2. The van der Waals surface area contributed by atoms with Gasteiger partial charge in [0.05, 0.1) is 16.7 Å². The highest BCUT2D eigenvalue weighted by molar-refractivity contribution is 6.35. The fourth-order valence-electron chi connectivity index (χ4n) is 7.59. The van der Waals surface area contributed by atoms with Gasteiger partial charge in [0.25, 0.3) is 0 Å². The third kappa shape index (κ3) is 3.60. The summed E-state index contributed by atoms with van der Waals surface area (Å²) in [5.41, 5.74) is 8.99. The molecule has 0 radical (unpaired) electrons. The first-order chi connectivity index (χ1) is 22.8. The van der Waals surface area contributed by atoms with E-state index < -0.39 is 0 Å². The molecule has 7 aromatic carbocycles. The molecule has 0 saturated heterocycles. The van der Waals surface area contributed by atoms with E-state index in [1.165, 1.54) is 59.7 Å². The van der Waals surface area contributed by atoms with Gasteiger partial charge in [-0.25, -0.2) is 0 Å². The molecule has 9 aromatic rings. The van der Waals surface area contributed by atoms with Gasteiger partial charge < -0.3 is 14.3 Å². The van der Waals surface area contributed by atoms with E-state index in [4.69, 9.17) is 4.42 Å². The maximum Gasteiger partial charge on any atom is 0.144 e. The lowest BCUT2D eigenvalue weighted by molar-refractivity contribution is 0.617. The number of aromatic nitrogens is 1. The summed E-state index contributed by atoms with van der Waals surface area (Å²) in [7, 11) is 0. The Balaban J connectivity index is 1.26. The molecule has 1 aliphatic rings. The summed E-state index contributed by atoms with van der Waals surface area (Å²) < 4.78 is 9.11. The van der Waals surface area contributed by atoms with Crippen molar-refractivity contribution < 1.29 is 4.42 Å². The van der Waals surface area contributed by atoms with Crippen LogP contribution in [0, 0.1) is 0 Å². The number of benzene rings is 7. The molecule has 3 nitrogen and oxygen atoms in total. The lowest BCUT2D eigenvalue weighted by atomic mass is 9.99. The van der Waals surface area contributed by atoms with E-state index in [1.807, 2.05) is 0 Å². The Morgan fingerprint density at radius 2 is 1.13 bits per heavy atom. The first-order valence-corrected chi connectivity index (χ1v) is 15.8. The molecule has 1 N–H and O–H groups in total. The Labute approximate surface area is 264 Å². The van der Waals surface area contributed by atoms with Crippen LogP contribution in [0.5, 0.6) is 0 Å². The molecule has 0 aliphatic carbocycles. The van der Waals surface area contributed by atoms with E-state index in [0.29, 0.717) is 0 Å². The van der Waals surface area contributed by atoms with Crippen LogP contribution in [0.4, 0.5) is 0 Å². The lowest BCUT2D eigenvalue weighted by Gasteiger charge is -2.26. The molecule has 3 heterocycles. The average Bonchev–Trinajstić information content (AvgIpc) is 3.68. The van der Waals surface area contributed by atoms with E-state index in [-0.39, 0.29) is 6.17 Å². The van der Waals surface area contributed by atoms with E-state index in [2.05, 4.69) is 168 Å². The minimum atomic E-state index is -0.125. The van der Waals surface area contributed by atoms with Crippen molar-refractivity contribution in [3.05, 3.63) is 168 Å². The van der Waals surface area contributed by atoms with Crippen LogP contribution in [-0.4, -0.2) is 4.57 Å². The SMILES string of the molecule is C1=c2ccccc2=C(c2ccc(-c3ccccc3)cc2)NC1n1c2ccccc2c2c3c4ccccc4oc3c3ccccc3c21. The second-order valence-electron chi connectivity index (χ2n) is 12.1. The van der Waals surface area contributed by atoms with Crippen molar-refractivity contribution in [2.24, 2.45) is 0 Å². The van der Waals surface area contributed by atoms with E-state index in [1.54, 1.807) is 0 Å². The number of nitrogens with one attached hydrogen (secondary N) is 1. The normalized spacial score (nSPS) is 14.6. The number of furan rings is 1. The van der Waals surface area contributed by atoms with Crippen molar-refractivity contribution in [3.8, 4) is 11.1 Å². The zero-order valence-electron chi connectivity index (χ0n) is 24.9. The lowest BCUT2D eigenvalue weighted by Crippen LogP contribution is -2.41. The minimum absolute atomic E-state index is 0.125. The fraction of sp³-hybridized carbons (Fsp3) is 0.0233. The number of nitrogens with zero attached hydrogens (tertiary/aromatic N) is 1. The first kappa shape index (κ1) is 25.3. The molecule has 1 atom stereocenters. The van der Waals surface area contributed by atoms with Gasteiger partial charge in [-0.05, 0) is 40.1 Å². The van der Waals surface area contributed by atoms with Crippen molar-refractivity contribution in [2.75, 3.05) is 0 Å². The van der Waals surface area contributed by atoms with E-state index in [9.17, 15) is 0 Å². The van der Waals surface area contributed by atoms with Crippen LogP contribution in [0.15, 0.2) is 156 Å². The molecule has 0 spiro atoms. The Hall–Kier alpha value is -6.06. The molecule has 0 bridgehead atoms. The average molecular weight is 589 g/mol. The van der Waals surface area contributed by atoms with Crippen molar-refractivity contribution in [1.82, 2.24) is 9.88 Å². The highest BCUT2D eigenvalue weighted by Gasteiger charge is 2.26. The monoisotopic (exact) mass is 588 g/mol. The Bertz CT molecular complexity index is 2770. The van der Waals surface area contributed by atoms with Crippen LogP contribution in [0.2, 0.25) is 0 Å². The van der Waals surface area contributed by atoms with Gasteiger partial charge in [-0.15, -0.1) is 0 Å². The Kier molecular flexibility index (Phi) is 5.34. The van der Waals surface area contributed by atoms with Crippen LogP contribution in [0.3, 0.4) is 0 Å². The number of rotatable bonds is 3. The van der Waals surface area contributed by atoms with Gasteiger partial charge in [0.2, 0.25) is 0 Å². The van der Waals surface area contributed by atoms with Crippen LogP contribution in [0.25, 0.3) is 77.4 Å². The molecule has 2 aromatic heterocycles. The summed E-state index contributed by atoms with van der Waals surface area (Å²) in [6.45, 7) is 0. The molecule has 3 heteroatoms. The molecule has 1 aliphatic heterocycles. The fourth-order valence-corrected chi connectivity index (χ4v) is 7.59. The number of para-hydroxylation sites is 2. The largest absolute Gasteiger partial charge is 0.455 e. The molecular formula is C43H28N2O. The topological polar surface area (TPSA) is 30.1 Å². The van der Waals surface area contributed by atoms with Gasteiger partial charge in [0, 0.05) is 37.5 Å². The summed E-state index contributed by atoms with van der Waals surface area (Å²) in [4.78, 5) is 0. The molecular weight excluding hydrogens is 560 g/mol. The standard InChI is InChI=1S/C43H28N2O/c1-2-12-27(13-3-1)28-22-24-29(25-23-28)41-31-15-5-4-14-30(31)26-38(44-41)45-36-20-10-8-18-34(36)39-40-35-19-9-11-21-37(35)46-43(40)33-17-7-6-16-32(33)42(39)45/h1-26,38,44H. The molecule has 1 unspecified atom stereocenters. The van der Waals surface area contributed by atoms with Crippen LogP contribution in [0.1, 0.15) is 11.7 Å². The minimum Gasteiger partial charge on any atom is -0.455 e.